The summed E-state index contributed by atoms with van der Waals surface area (Å²) < 4.78 is 0. The lowest BCUT2D eigenvalue weighted by Gasteiger charge is -1.96. The number of aromatic nitrogens is 4. The molecule has 4 N–H and O–H groups in total. The van der Waals surface area contributed by atoms with Crippen molar-refractivity contribution >= 4 is 17.0 Å². The average molecular weight is 179 g/mol. The second-order valence-electron chi connectivity index (χ2n) is 2.39. The van der Waals surface area contributed by atoms with Crippen molar-refractivity contribution in [3.63, 3.8) is 0 Å². The lowest BCUT2D eigenvalue weighted by atomic mass is 10.5. The number of anilines is 1. The van der Waals surface area contributed by atoms with Crippen molar-refractivity contribution < 1.29 is 0 Å². The van der Waals surface area contributed by atoms with E-state index in [1.54, 1.807) is 0 Å². The third kappa shape index (κ3) is 1.06. The molecular formula is C6H5N5O2. The van der Waals surface area contributed by atoms with Crippen LogP contribution in [0.3, 0.4) is 0 Å². The van der Waals surface area contributed by atoms with Crippen LogP contribution < -0.4 is 16.9 Å². The van der Waals surface area contributed by atoms with Crippen LogP contribution in [0.5, 0.6) is 0 Å². The van der Waals surface area contributed by atoms with Crippen LogP contribution in [0.25, 0.3) is 11.2 Å². The van der Waals surface area contributed by atoms with Gasteiger partial charge in [0.05, 0.1) is 0 Å². The summed E-state index contributed by atoms with van der Waals surface area (Å²) in [5, 5.41) is 0. The molecule has 0 unspecified atom stereocenters. The maximum absolute atomic E-state index is 10.9. The van der Waals surface area contributed by atoms with E-state index in [4.69, 9.17) is 5.73 Å². The summed E-state index contributed by atoms with van der Waals surface area (Å²) in [4.78, 5) is 33.6. The first-order chi connectivity index (χ1) is 6.18. The van der Waals surface area contributed by atoms with Gasteiger partial charge in [0.25, 0.3) is 0 Å². The molecule has 13 heavy (non-hydrogen) atoms. The first kappa shape index (κ1) is 7.47. The van der Waals surface area contributed by atoms with E-state index in [1.807, 2.05) is 0 Å². The Kier molecular flexibility index (Phi) is 1.38. The van der Waals surface area contributed by atoms with Gasteiger partial charge in [-0.15, -0.1) is 0 Å². The fourth-order valence-electron chi connectivity index (χ4n) is 0.952. The van der Waals surface area contributed by atoms with Gasteiger partial charge < -0.3 is 15.7 Å². The van der Waals surface area contributed by atoms with E-state index >= 15 is 0 Å². The molecule has 0 aliphatic heterocycles. The van der Waals surface area contributed by atoms with Crippen molar-refractivity contribution in [1.29, 1.82) is 0 Å². The molecule has 0 bridgehead atoms. The molecule has 0 spiro atoms. The zero-order valence-corrected chi connectivity index (χ0v) is 6.37. The molecule has 0 radical (unpaired) electrons. The highest BCUT2D eigenvalue weighted by Gasteiger charge is 2.02. The van der Waals surface area contributed by atoms with Crippen LogP contribution in [0.2, 0.25) is 0 Å². The first-order valence-corrected chi connectivity index (χ1v) is 3.41. The fraction of sp³-hybridized carbons (Fsp3) is 0. The summed E-state index contributed by atoms with van der Waals surface area (Å²) in [6.45, 7) is 0. The van der Waals surface area contributed by atoms with Gasteiger partial charge in [0, 0.05) is 0 Å². The lowest BCUT2D eigenvalue weighted by Crippen LogP contribution is -2.29. The predicted octanol–water partition coefficient (Wildman–Crippen LogP) is -1.41. The maximum atomic E-state index is 10.9. The molecule has 0 aliphatic rings. The number of hydrogen-bond acceptors (Lipinski definition) is 5. The average Bonchev–Trinajstić information content (AvgIpc) is 2.09. The van der Waals surface area contributed by atoms with E-state index < -0.39 is 11.1 Å². The van der Waals surface area contributed by atoms with E-state index in [2.05, 4.69) is 19.9 Å². The van der Waals surface area contributed by atoms with Gasteiger partial charge in [-0.2, -0.15) is 0 Å². The molecule has 0 amide bonds. The van der Waals surface area contributed by atoms with Crippen LogP contribution in [0.15, 0.2) is 15.9 Å². The van der Waals surface area contributed by atoms with Gasteiger partial charge in [-0.25, -0.2) is 9.97 Å². The number of nitrogens with two attached hydrogens (primary N) is 1. The highest BCUT2D eigenvalue weighted by atomic mass is 16.2. The molecule has 2 rings (SSSR count). The minimum atomic E-state index is -0.769. The molecule has 7 nitrogen and oxygen atoms in total. The second-order valence-corrected chi connectivity index (χ2v) is 2.39. The monoisotopic (exact) mass is 179 g/mol. The third-order valence-electron chi connectivity index (χ3n) is 1.55. The van der Waals surface area contributed by atoms with Crippen molar-refractivity contribution in [1.82, 2.24) is 19.9 Å². The zero-order valence-electron chi connectivity index (χ0n) is 6.37. The summed E-state index contributed by atoms with van der Waals surface area (Å²) >= 11 is 0. The number of hydrogen-bond donors (Lipinski definition) is 3. The van der Waals surface area contributed by atoms with Crippen LogP contribution in [0, 0.1) is 0 Å². The number of nitrogens with zero attached hydrogens (tertiary/aromatic N) is 2. The van der Waals surface area contributed by atoms with E-state index in [0.717, 1.165) is 0 Å². The fourth-order valence-corrected chi connectivity index (χ4v) is 0.952. The van der Waals surface area contributed by atoms with Crippen molar-refractivity contribution in [2.24, 2.45) is 0 Å². The van der Waals surface area contributed by atoms with E-state index in [-0.39, 0.29) is 17.0 Å². The Morgan fingerprint density at radius 1 is 1.15 bits per heavy atom. The van der Waals surface area contributed by atoms with Gasteiger partial charge in [-0.05, 0) is 0 Å². The van der Waals surface area contributed by atoms with Crippen LogP contribution >= 0.6 is 0 Å². The zero-order chi connectivity index (χ0) is 9.42. The molecule has 2 aromatic rings. The molecule has 0 saturated carbocycles. The van der Waals surface area contributed by atoms with Gasteiger partial charge in [0.1, 0.15) is 11.8 Å². The van der Waals surface area contributed by atoms with Gasteiger partial charge >= 0.3 is 11.1 Å². The lowest BCUT2D eigenvalue weighted by molar-refractivity contribution is 1.09. The van der Waals surface area contributed by atoms with Gasteiger partial charge in [-0.1, -0.05) is 0 Å². The van der Waals surface area contributed by atoms with Crippen LogP contribution in [0.1, 0.15) is 0 Å². The summed E-state index contributed by atoms with van der Waals surface area (Å²) in [7, 11) is 0. The number of nitrogens with one attached hydrogen (secondary N) is 2. The highest BCUT2D eigenvalue weighted by Crippen LogP contribution is 2.06. The van der Waals surface area contributed by atoms with Gasteiger partial charge in [0.15, 0.2) is 11.5 Å². The minimum Gasteiger partial charge on any atom is -0.382 e. The van der Waals surface area contributed by atoms with Crippen LogP contribution in [-0.2, 0) is 0 Å². The smallest absolute Gasteiger partial charge is 0.315 e. The molecule has 2 aromatic heterocycles. The standard InChI is InChI=1S/C6H5N5O2/c7-3-2-4(9-1-8-3)11-6(13)5(12)10-2/h1H,(H,10,12)(H3,7,8,9,11,13). The summed E-state index contributed by atoms with van der Waals surface area (Å²) in [6, 6.07) is 0. The minimum absolute atomic E-state index is 0.123. The number of H-pyrrole nitrogens is 2. The first-order valence-electron chi connectivity index (χ1n) is 3.41. The SMILES string of the molecule is Nc1ncnc2[nH]c(=O)c(=O)[nH]c12. The van der Waals surface area contributed by atoms with Crippen molar-refractivity contribution in [3.8, 4) is 0 Å². The summed E-state index contributed by atoms with van der Waals surface area (Å²) in [5.41, 5.74) is 4.37. The Morgan fingerprint density at radius 3 is 2.62 bits per heavy atom. The van der Waals surface area contributed by atoms with Crippen LogP contribution in [0.4, 0.5) is 5.82 Å². The Labute approximate surface area is 70.7 Å². The number of fused-ring (bicyclic) bond motifs is 1. The largest absolute Gasteiger partial charge is 0.382 e. The normalized spacial score (nSPS) is 10.5. The van der Waals surface area contributed by atoms with Crippen molar-refractivity contribution in [3.05, 3.63) is 27.0 Å². The molecule has 7 heteroatoms. The molecular weight excluding hydrogens is 174 g/mol. The Hall–Kier alpha value is -2.18. The molecule has 66 valence electrons. The van der Waals surface area contributed by atoms with Crippen molar-refractivity contribution in [2.45, 2.75) is 0 Å². The van der Waals surface area contributed by atoms with Crippen molar-refractivity contribution in [2.75, 3.05) is 5.73 Å². The molecule has 0 fully saturated rings. The topological polar surface area (TPSA) is 118 Å². The molecule has 0 saturated heterocycles. The summed E-state index contributed by atoms with van der Waals surface area (Å²) in [5.74, 6) is 0.123. The Bertz CT molecular complexity index is 569. The van der Waals surface area contributed by atoms with Crippen LogP contribution in [-0.4, -0.2) is 19.9 Å². The molecule has 0 aliphatic carbocycles. The van der Waals surface area contributed by atoms with Gasteiger partial charge in [-0.3, -0.25) is 9.59 Å². The van der Waals surface area contributed by atoms with E-state index in [0.29, 0.717) is 0 Å². The number of aromatic amines is 2. The molecule has 0 atom stereocenters. The van der Waals surface area contributed by atoms with E-state index in [1.165, 1.54) is 6.33 Å². The second kappa shape index (κ2) is 2.41. The van der Waals surface area contributed by atoms with Gasteiger partial charge in [0.2, 0.25) is 0 Å². The predicted molar refractivity (Wildman–Crippen MR) is 45.2 cm³/mol. The maximum Gasteiger partial charge on any atom is 0.315 e. The summed E-state index contributed by atoms with van der Waals surface area (Å²) in [6.07, 6.45) is 1.20. The third-order valence-corrected chi connectivity index (χ3v) is 1.55. The highest BCUT2D eigenvalue weighted by molar-refractivity contribution is 5.79. The Morgan fingerprint density at radius 2 is 1.85 bits per heavy atom. The van der Waals surface area contributed by atoms with E-state index in [9.17, 15) is 9.59 Å². The molecule has 2 heterocycles. The quantitative estimate of drug-likeness (QED) is 0.429. The molecule has 0 aromatic carbocycles. The number of rotatable bonds is 0. The Balaban J connectivity index is 3.06. The number of nitrogen functional groups attached to an aromatic ring is 1.